The van der Waals surface area contributed by atoms with Gasteiger partial charge in [0.15, 0.2) is 0 Å². The molecule has 8 nitrogen and oxygen atoms in total. The molecule has 0 aliphatic carbocycles. The van der Waals surface area contributed by atoms with Gasteiger partial charge in [0.25, 0.3) is 11.2 Å². The Balaban J connectivity index is 2.09. The smallest absolute Gasteiger partial charge is 0.293 e. The molecule has 0 radical (unpaired) electrons. The van der Waals surface area contributed by atoms with Crippen LogP contribution in [-0.2, 0) is 6.54 Å². The van der Waals surface area contributed by atoms with Gasteiger partial charge in [-0.2, -0.15) is 0 Å². The minimum absolute atomic E-state index is 0.133. The highest BCUT2D eigenvalue weighted by atomic mass is 32.1. The van der Waals surface area contributed by atoms with E-state index >= 15 is 0 Å². The fraction of sp³-hybridized carbons (Fsp3) is 0.214. The first kappa shape index (κ1) is 15.1. The number of hydrogen-bond donors (Lipinski definition) is 1. The van der Waals surface area contributed by atoms with Gasteiger partial charge >= 0.3 is 0 Å². The number of benzene rings is 1. The number of hydrogen-bond acceptors (Lipinski definition) is 7. The van der Waals surface area contributed by atoms with Gasteiger partial charge in [0.1, 0.15) is 10.7 Å². The van der Waals surface area contributed by atoms with Crippen molar-refractivity contribution < 1.29 is 4.92 Å². The molecule has 3 aromatic rings. The van der Waals surface area contributed by atoms with Crippen molar-refractivity contribution in [1.29, 1.82) is 0 Å². The number of aryl methyl sites for hydroxylation is 1. The van der Waals surface area contributed by atoms with Crippen molar-refractivity contribution >= 4 is 33.6 Å². The highest BCUT2D eigenvalue weighted by Gasteiger charge is 2.20. The first-order chi connectivity index (χ1) is 11.0. The lowest BCUT2D eigenvalue weighted by atomic mass is 10.1. The van der Waals surface area contributed by atoms with Crippen LogP contribution >= 0.6 is 11.3 Å². The summed E-state index contributed by atoms with van der Waals surface area (Å²) in [6, 6.07) is 2.82. The highest BCUT2D eigenvalue weighted by molar-refractivity contribution is 7.09. The Hall–Kier alpha value is -2.81. The molecule has 0 bridgehead atoms. The van der Waals surface area contributed by atoms with E-state index in [0.29, 0.717) is 17.7 Å². The van der Waals surface area contributed by atoms with Gasteiger partial charge in [0, 0.05) is 24.2 Å². The fourth-order valence-corrected chi connectivity index (χ4v) is 3.13. The zero-order chi connectivity index (χ0) is 16.6. The normalized spacial score (nSPS) is 10.9. The maximum absolute atomic E-state index is 11.8. The summed E-state index contributed by atoms with van der Waals surface area (Å²) in [5, 5.41) is 14.4. The van der Waals surface area contributed by atoms with Crippen LogP contribution in [0.2, 0.25) is 0 Å². The van der Waals surface area contributed by atoms with Crippen molar-refractivity contribution in [2.24, 2.45) is 0 Å². The molecule has 0 aliphatic rings. The van der Waals surface area contributed by atoms with Crippen LogP contribution in [0.25, 0.3) is 10.9 Å². The predicted molar refractivity (Wildman–Crippen MR) is 88.0 cm³/mol. The van der Waals surface area contributed by atoms with Crippen molar-refractivity contribution in [2.45, 2.75) is 13.5 Å². The lowest BCUT2D eigenvalue weighted by Crippen LogP contribution is -2.18. The largest absolute Gasteiger partial charge is 0.362 e. The fourth-order valence-electron chi connectivity index (χ4n) is 2.31. The molecule has 2 heterocycles. The third-order valence-electron chi connectivity index (χ3n) is 3.38. The van der Waals surface area contributed by atoms with E-state index in [1.165, 1.54) is 23.7 Å². The third kappa shape index (κ3) is 2.90. The molecule has 0 fully saturated rings. The molecule has 0 amide bonds. The number of nitrogens with zero attached hydrogens (tertiary/aromatic N) is 4. The van der Waals surface area contributed by atoms with Crippen molar-refractivity contribution in [3.63, 3.8) is 0 Å². The molecule has 0 saturated heterocycles. The number of nitro groups is 1. The summed E-state index contributed by atoms with van der Waals surface area (Å²) in [6.45, 7) is 2.34. The number of aromatic amines is 1. The molecule has 118 valence electrons. The van der Waals surface area contributed by atoms with Crippen molar-refractivity contribution in [3.8, 4) is 0 Å². The minimum atomic E-state index is -0.495. The number of anilines is 1. The minimum Gasteiger partial charge on any atom is -0.362 e. The molecule has 0 spiro atoms. The van der Waals surface area contributed by atoms with Crippen LogP contribution < -0.4 is 10.5 Å². The number of nitrogens with one attached hydrogen (secondary N) is 1. The van der Waals surface area contributed by atoms with Gasteiger partial charge in [0.2, 0.25) is 0 Å². The molecule has 1 aromatic carbocycles. The predicted octanol–water partition coefficient (Wildman–Crippen LogP) is 2.23. The number of thiazole rings is 1. The van der Waals surface area contributed by atoms with Crippen LogP contribution in [0.1, 0.15) is 10.7 Å². The standard InChI is InChI=1S/C14H13N5O3S/c1-8-6-23-13(17-8)5-18(2)11-4-10-9(3-12(11)19(21)22)14(20)16-7-15-10/h3-4,6-7H,5H2,1-2H3,(H,15,16,20). The second kappa shape index (κ2) is 5.76. The molecule has 2 aromatic heterocycles. The molecular weight excluding hydrogens is 318 g/mol. The van der Waals surface area contributed by atoms with Crippen molar-refractivity contribution in [2.75, 3.05) is 11.9 Å². The monoisotopic (exact) mass is 331 g/mol. The Labute approximate surface area is 134 Å². The summed E-state index contributed by atoms with van der Waals surface area (Å²) >= 11 is 1.50. The molecule has 9 heteroatoms. The van der Waals surface area contributed by atoms with Crippen LogP contribution in [0.15, 0.2) is 28.6 Å². The SMILES string of the molecule is Cc1csc(CN(C)c2cc3nc[nH]c(=O)c3cc2[N+](=O)[O-])n1. The first-order valence-corrected chi connectivity index (χ1v) is 7.61. The Morgan fingerprint density at radius 1 is 1.43 bits per heavy atom. The van der Waals surface area contributed by atoms with Crippen LogP contribution in [0.5, 0.6) is 0 Å². The average molecular weight is 331 g/mol. The number of rotatable bonds is 4. The van der Waals surface area contributed by atoms with E-state index < -0.39 is 10.5 Å². The molecule has 3 rings (SSSR count). The number of fused-ring (bicyclic) bond motifs is 1. The molecule has 23 heavy (non-hydrogen) atoms. The van der Waals surface area contributed by atoms with Gasteiger partial charge in [0.05, 0.1) is 28.7 Å². The molecule has 0 atom stereocenters. The summed E-state index contributed by atoms with van der Waals surface area (Å²) in [5.41, 5.74) is 1.19. The Kier molecular flexibility index (Phi) is 3.78. The van der Waals surface area contributed by atoms with E-state index in [9.17, 15) is 14.9 Å². The lowest BCUT2D eigenvalue weighted by molar-refractivity contribution is -0.384. The second-order valence-corrected chi connectivity index (χ2v) is 6.03. The van der Waals surface area contributed by atoms with E-state index in [1.807, 2.05) is 12.3 Å². The van der Waals surface area contributed by atoms with Gasteiger partial charge in [-0.25, -0.2) is 9.97 Å². The van der Waals surface area contributed by atoms with E-state index in [2.05, 4.69) is 15.0 Å². The third-order valence-corrected chi connectivity index (χ3v) is 4.34. The summed E-state index contributed by atoms with van der Waals surface area (Å²) < 4.78 is 0. The van der Waals surface area contributed by atoms with E-state index in [4.69, 9.17) is 0 Å². The maximum Gasteiger partial charge on any atom is 0.293 e. The first-order valence-electron chi connectivity index (χ1n) is 6.73. The van der Waals surface area contributed by atoms with E-state index in [1.54, 1.807) is 18.0 Å². The molecule has 1 N–H and O–H groups in total. The second-order valence-electron chi connectivity index (χ2n) is 5.09. The van der Waals surface area contributed by atoms with Gasteiger partial charge in [-0.15, -0.1) is 11.3 Å². The Morgan fingerprint density at radius 3 is 2.87 bits per heavy atom. The number of aromatic nitrogens is 3. The summed E-state index contributed by atoms with van der Waals surface area (Å²) in [6.07, 6.45) is 1.28. The van der Waals surface area contributed by atoms with Gasteiger partial charge in [-0.3, -0.25) is 14.9 Å². The molecule has 0 unspecified atom stereocenters. The zero-order valence-electron chi connectivity index (χ0n) is 12.4. The maximum atomic E-state index is 11.8. The van der Waals surface area contributed by atoms with Crippen LogP contribution in [0, 0.1) is 17.0 Å². The van der Waals surface area contributed by atoms with Gasteiger partial charge in [-0.1, -0.05) is 0 Å². The molecular formula is C14H13N5O3S. The van der Waals surface area contributed by atoms with Crippen molar-refractivity contribution in [3.05, 3.63) is 55.0 Å². The summed E-state index contributed by atoms with van der Waals surface area (Å²) in [4.78, 5) is 35.3. The van der Waals surface area contributed by atoms with E-state index in [-0.39, 0.29) is 11.1 Å². The van der Waals surface area contributed by atoms with Crippen molar-refractivity contribution in [1.82, 2.24) is 15.0 Å². The molecule has 0 saturated carbocycles. The van der Waals surface area contributed by atoms with Gasteiger partial charge in [-0.05, 0) is 13.0 Å². The van der Waals surface area contributed by atoms with Crippen LogP contribution in [0.3, 0.4) is 0 Å². The van der Waals surface area contributed by atoms with Crippen LogP contribution in [-0.4, -0.2) is 26.9 Å². The Bertz CT molecular complexity index is 949. The average Bonchev–Trinajstić information content (AvgIpc) is 2.91. The van der Waals surface area contributed by atoms with Gasteiger partial charge < -0.3 is 9.88 Å². The highest BCUT2D eigenvalue weighted by Crippen LogP contribution is 2.31. The number of H-pyrrole nitrogens is 1. The quantitative estimate of drug-likeness (QED) is 0.580. The lowest BCUT2D eigenvalue weighted by Gasteiger charge is -2.18. The summed E-state index contributed by atoms with van der Waals surface area (Å²) in [5.74, 6) is 0. The topological polar surface area (TPSA) is 105 Å². The zero-order valence-corrected chi connectivity index (χ0v) is 13.3. The van der Waals surface area contributed by atoms with E-state index in [0.717, 1.165) is 10.7 Å². The number of nitro benzene ring substituents is 1. The Morgan fingerprint density at radius 2 is 2.22 bits per heavy atom. The summed E-state index contributed by atoms with van der Waals surface area (Å²) in [7, 11) is 1.75. The van der Waals surface area contributed by atoms with Crippen LogP contribution in [0.4, 0.5) is 11.4 Å². The molecule has 0 aliphatic heterocycles.